The number of nitrogens with zero attached hydrogens (tertiary/aromatic N) is 2. The Labute approximate surface area is 235 Å². The topological polar surface area (TPSA) is 113 Å². The first-order chi connectivity index (χ1) is 18.5. The highest BCUT2D eigenvalue weighted by molar-refractivity contribution is 7.89. The summed E-state index contributed by atoms with van der Waals surface area (Å²) in [6.07, 6.45) is 3.69. The van der Waals surface area contributed by atoms with Crippen LogP contribution in [0.2, 0.25) is 0 Å². The highest BCUT2D eigenvalue weighted by Crippen LogP contribution is 2.37. The number of amides is 1. The largest absolute Gasteiger partial charge is 0.363 e. The number of thiazole rings is 1. The van der Waals surface area contributed by atoms with E-state index in [1.54, 1.807) is 39.1 Å². The number of aromatic nitrogens is 1. The van der Waals surface area contributed by atoms with Gasteiger partial charge in [0.2, 0.25) is 15.9 Å². The van der Waals surface area contributed by atoms with Gasteiger partial charge in [0.1, 0.15) is 0 Å². The molecule has 0 radical (unpaired) electrons. The van der Waals surface area contributed by atoms with Crippen LogP contribution in [-0.2, 0) is 26.1 Å². The lowest BCUT2D eigenvalue weighted by molar-refractivity contribution is -0.114. The lowest BCUT2D eigenvalue weighted by atomic mass is 10.1. The summed E-state index contributed by atoms with van der Waals surface area (Å²) in [5.74, 6) is -0.269. The molecule has 3 aromatic rings. The minimum absolute atomic E-state index is 0.106. The van der Waals surface area contributed by atoms with E-state index in [1.165, 1.54) is 29.9 Å². The summed E-state index contributed by atoms with van der Waals surface area (Å²) in [7, 11) is -3.87. The summed E-state index contributed by atoms with van der Waals surface area (Å²) in [4.78, 5) is 19.3. The maximum Gasteiger partial charge on any atom is 0.241 e. The molecule has 0 bridgehead atoms. The number of hydrogen-bond donors (Lipinski definition) is 3. The molecule has 39 heavy (non-hydrogen) atoms. The van der Waals surface area contributed by atoms with Crippen molar-refractivity contribution in [3.05, 3.63) is 60.3 Å². The molecule has 0 atom stereocenters. The summed E-state index contributed by atoms with van der Waals surface area (Å²) in [5.41, 5.74) is 1.53. The Morgan fingerprint density at radius 3 is 2.51 bits per heavy atom. The van der Waals surface area contributed by atoms with Crippen molar-refractivity contribution in [2.75, 3.05) is 30.0 Å². The Morgan fingerprint density at radius 1 is 1.13 bits per heavy atom. The number of carbonyl (C=O) groups excluding carboxylic acids is 1. The van der Waals surface area contributed by atoms with Crippen LogP contribution in [0.3, 0.4) is 0 Å². The zero-order valence-electron chi connectivity index (χ0n) is 22.9. The average molecular weight is 572 g/mol. The van der Waals surface area contributed by atoms with Crippen LogP contribution < -0.4 is 20.3 Å². The predicted octanol–water partition coefficient (Wildman–Crippen LogP) is 4.58. The summed E-state index contributed by atoms with van der Waals surface area (Å²) in [6.45, 7) is 9.67. The quantitative estimate of drug-likeness (QED) is 0.241. The molecule has 2 heterocycles. The third-order valence-corrected chi connectivity index (χ3v) is 8.99. The molecule has 210 valence electrons. The Hall–Kier alpha value is -2.83. The van der Waals surface area contributed by atoms with Crippen LogP contribution in [0.5, 0.6) is 0 Å². The van der Waals surface area contributed by atoms with E-state index in [2.05, 4.69) is 37.4 Å². The first-order valence-corrected chi connectivity index (χ1v) is 15.3. The monoisotopic (exact) mass is 571 g/mol. The van der Waals surface area contributed by atoms with Crippen LogP contribution in [0.15, 0.2) is 59.6 Å². The Morgan fingerprint density at radius 2 is 1.85 bits per heavy atom. The van der Waals surface area contributed by atoms with E-state index in [9.17, 15) is 13.2 Å². The summed E-state index contributed by atoms with van der Waals surface area (Å²) >= 11 is 1.46. The van der Waals surface area contributed by atoms with Gasteiger partial charge in [-0.25, -0.2) is 18.1 Å². The van der Waals surface area contributed by atoms with E-state index >= 15 is 0 Å². The van der Waals surface area contributed by atoms with Crippen molar-refractivity contribution in [3.8, 4) is 10.4 Å². The van der Waals surface area contributed by atoms with E-state index in [0.29, 0.717) is 18.0 Å². The van der Waals surface area contributed by atoms with E-state index in [0.717, 1.165) is 42.5 Å². The van der Waals surface area contributed by atoms with E-state index < -0.39 is 15.6 Å². The fourth-order valence-corrected chi connectivity index (χ4v) is 7.14. The van der Waals surface area contributed by atoms with Crippen molar-refractivity contribution in [1.82, 2.24) is 15.0 Å². The molecule has 0 aliphatic carbocycles. The molecule has 0 unspecified atom stereocenters. The second-order valence-corrected chi connectivity index (χ2v) is 13.3. The van der Waals surface area contributed by atoms with E-state index in [4.69, 9.17) is 4.74 Å². The summed E-state index contributed by atoms with van der Waals surface area (Å²) in [5, 5.41) is 6.86. The van der Waals surface area contributed by atoms with Gasteiger partial charge in [-0.15, -0.1) is 0 Å². The molecule has 11 heteroatoms. The van der Waals surface area contributed by atoms with E-state index in [1.807, 2.05) is 18.2 Å². The van der Waals surface area contributed by atoms with Crippen LogP contribution in [0.25, 0.3) is 10.4 Å². The third-order valence-electron chi connectivity index (χ3n) is 6.10. The van der Waals surface area contributed by atoms with Crippen molar-refractivity contribution in [1.29, 1.82) is 0 Å². The van der Waals surface area contributed by atoms with Gasteiger partial charge in [0.15, 0.2) is 5.13 Å². The molecule has 4 rings (SSSR count). The zero-order chi connectivity index (χ0) is 28.0. The zero-order valence-corrected chi connectivity index (χ0v) is 24.5. The first kappa shape index (κ1) is 29.2. The number of sulfonamides is 1. The number of piperidine rings is 1. The third kappa shape index (κ3) is 8.33. The Bertz CT molecular complexity index is 1360. The molecule has 9 nitrogen and oxygen atoms in total. The maximum atomic E-state index is 13.3. The smallest absolute Gasteiger partial charge is 0.241 e. The van der Waals surface area contributed by atoms with Gasteiger partial charge < -0.3 is 15.0 Å². The van der Waals surface area contributed by atoms with Gasteiger partial charge in [0, 0.05) is 49.5 Å². The van der Waals surface area contributed by atoms with Crippen molar-refractivity contribution < 1.29 is 17.9 Å². The van der Waals surface area contributed by atoms with Crippen LogP contribution in [0, 0.1) is 0 Å². The van der Waals surface area contributed by atoms with Gasteiger partial charge in [-0.1, -0.05) is 47.7 Å². The van der Waals surface area contributed by atoms with Crippen molar-refractivity contribution >= 4 is 38.1 Å². The lowest BCUT2D eigenvalue weighted by Crippen LogP contribution is -2.40. The number of ether oxygens (including phenoxy) is 1. The minimum Gasteiger partial charge on any atom is -0.363 e. The molecule has 1 aliphatic rings. The lowest BCUT2D eigenvalue weighted by Gasteiger charge is -2.31. The number of carbonyl (C=O) groups is 1. The Balaban J connectivity index is 1.41. The summed E-state index contributed by atoms with van der Waals surface area (Å²) in [6, 6.07) is 15.2. The minimum atomic E-state index is -3.87. The van der Waals surface area contributed by atoms with Gasteiger partial charge in [0.25, 0.3) is 0 Å². The SMILES string of the molecule is CC(=O)Nc1ccc(-c2cnc(N3CCC(OCNCc4ccccc4)CC3)s2)c(S(=O)(=O)NC(C)(C)C)c1. The molecule has 1 aliphatic heterocycles. The molecule has 0 saturated carbocycles. The first-order valence-electron chi connectivity index (χ1n) is 13.0. The highest BCUT2D eigenvalue weighted by atomic mass is 32.2. The molecule has 1 aromatic heterocycles. The van der Waals surface area contributed by atoms with Gasteiger partial charge >= 0.3 is 0 Å². The number of benzene rings is 2. The standard InChI is InChI=1S/C28H37N5O4S2/c1-20(34)31-22-10-11-24(26(16-22)39(35,36)32-28(2,3)4)25-18-30-27(38-25)33-14-12-23(13-15-33)37-19-29-17-21-8-6-5-7-9-21/h5-11,16,18,23,29,32H,12-15,17,19H2,1-4H3,(H,31,34). The fourth-order valence-electron chi connectivity index (χ4n) is 4.40. The second-order valence-electron chi connectivity index (χ2n) is 10.7. The van der Waals surface area contributed by atoms with Crippen molar-refractivity contribution in [2.24, 2.45) is 0 Å². The van der Waals surface area contributed by atoms with E-state index in [-0.39, 0.29) is 16.9 Å². The van der Waals surface area contributed by atoms with Gasteiger partial charge in [-0.3, -0.25) is 10.1 Å². The molecule has 3 N–H and O–H groups in total. The second kappa shape index (κ2) is 12.6. The number of nitrogens with one attached hydrogen (secondary N) is 3. The highest BCUT2D eigenvalue weighted by Gasteiger charge is 2.27. The predicted molar refractivity (Wildman–Crippen MR) is 156 cm³/mol. The number of rotatable bonds is 10. The van der Waals surface area contributed by atoms with Crippen LogP contribution in [-0.4, -0.2) is 50.8 Å². The van der Waals surface area contributed by atoms with Gasteiger partial charge in [0.05, 0.1) is 22.6 Å². The van der Waals surface area contributed by atoms with Gasteiger partial charge in [-0.05, 0) is 51.3 Å². The van der Waals surface area contributed by atoms with Crippen molar-refractivity contribution in [3.63, 3.8) is 0 Å². The van der Waals surface area contributed by atoms with Crippen LogP contribution in [0.4, 0.5) is 10.8 Å². The molecule has 0 spiro atoms. The molecule has 1 fully saturated rings. The fraction of sp³-hybridized carbons (Fsp3) is 0.429. The van der Waals surface area contributed by atoms with Crippen molar-refractivity contribution in [2.45, 2.75) is 63.6 Å². The van der Waals surface area contributed by atoms with Gasteiger partial charge in [-0.2, -0.15) is 0 Å². The number of hydrogen-bond acceptors (Lipinski definition) is 8. The number of anilines is 2. The average Bonchev–Trinajstić information content (AvgIpc) is 3.36. The van der Waals surface area contributed by atoms with Crippen LogP contribution >= 0.6 is 11.3 Å². The summed E-state index contributed by atoms with van der Waals surface area (Å²) < 4.78 is 35.4. The van der Waals surface area contributed by atoms with Crippen LogP contribution in [0.1, 0.15) is 46.1 Å². The molecular weight excluding hydrogens is 534 g/mol. The maximum absolute atomic E-state index is 13.3. The Kier molecular flexibility index (Phi) is 9.39. The molecule has 2 aromatic carbocycles. The molecule has 1 amide bonds. The molecule has 1 saturated heterocycles. The molecular formula is C28H37N5O4S2. The normalized spacial score (nSPS) is 14.9.